The van der Waals surface area contributed by atoms with Crippen molar-refractivity contribution in [3.05, 3.63) is 6.33 Å². The minimum Gasteiger partial charge on any atom is -0.338 e. The molecule has 24 heavy (non-hydrogen) atoms. The second-order valence-electron chi connectivity index (χ2n) is 8.84. The lowest BCUT2D eigenvalue weighted by molar-refractivity contribution is 0.0847. The van der Waals surface area contributed by atoms with Crippen molar-refractivity contribution in [3.8, 4) is 0 Å². The van der Waals surface area contributed by atoms with E-state index in [9.17, 15) is 4.79 Å². The molecule has 7 heteroatoms. The van der Waals surface area contributed by atoms with Crippen LogP contribution >= 0.6 is 0 Å². The monoisotopic (exact) mass is 334 g/mol. The molecule has 7 nitrogen and oxygen atoms in total. The van der Waals surface area contributed by atoms with Gasteiger partial charge in [-0.05, 0) is 30.1 Å². The van der Waals surface area contributed by atoms with E-state index in [0.29, 0.717) is 13.1 Å². The number of amides is 2. The summed E-state index contributed by atoms with van der Waals surface area (Å²) in [6, 6.07) is 0.342. The maximum atomic E-state index is 12.6. The van der Waals surface area contributed by atoms with Gasteiger partial charge in [0.1, 0.15) is 6.33 Å². The molecule has 0 atom stereocenters. The molecule has 2 N–H and O–H groups in total. The summed E-state index contributed by atoms with van der Waals surface area (Å²) in [6.07, 6.45) is 4.84. The third-order valence-electron chi connectivity index (χ3n) is 5.15. The molecule has 2 heterocycles. The van der Waals surface area contributed by atoms with Gasteiger partial charge in [0.2, 0.25) is 5.95 Å². The summed E-state index contributed by atoms with van der Waals surface area (Å²) in [6.45, 7) is 12.2. The number of aromatic nitrogens is 3. The number of urea groups is 1. The molecule has 0 unspecified atom stereocenters. The van der Waals surface area contributed by atoms with Gasteiger partial charge >= 0.3 is 6.03 Å². The summed E-state index contributed by atoms with van der Waals surface area (Å²) < 4.78 is 0. The van der Waals surface area contributed by atoms with E-state index < -0.39 is 0 Å². The van der Waals surface area contributed by atoms with Crippen LogP contribution in [-0.2, 0) is 0 Å². The van der Waals surface area contributed by atoms with E-state index in [1.165, 1.54) is 12.7 Å². The summed E-state index contributed by atoms with van der Waals surface area (Å²) in [5, 5.41) is 10.0. The maximum Gasteiger partial charge on any atom is 0.317 e. The van der Waals surface area contributed by atoms with Gasteiger partial charge in [-0.3, -0.25) is 0 Å². The zero-order chi connectivity index (χ0) is 17.4. The third-order valence-corrected chi connectivity index (χ3v) is 5.15. The third kappa shape index (κ3) is 3.99. The van der Waals surface area contributed by atoms with Gasteiger partial charge in [0.25, 0.3) is 0 Å². The molecule has 0 spiro atoms. The van der Waals surface area contributed by atoms with Crippen molar-refractivity contribution in [2.24, 2.45) is 10.8 Å². The van der Waals surface area contributed by atoms with Crippen molar-refractivity contribution in [2.45, 2.75) is 53.0 Å². The number of aromatic amines is 1. The standard InChI is InChI=1S/C17H30N6O/c1-16(2)9-13(10-17(3,4)11-16)20-15(24)23-7-5-22(6-8-23)14-18-12-19-21-14/h12-13H,5-11H2,1-4H3,(H,20,24)(H,18,19,21). The Morgan fingerprint density at radius 2 is 1.79 bits per heavy atom. The Morgan fingerprint density at radius 1 is 1.17 bits per heavy atom. The summed E-state index contributed by atoms with van der Waals surface area (Å²) in [4.78, 5) is 20.9. The molecule has 0 radical (unpaired) electrons. The van der Waals surface area contributed by atoms with Crippen molar-refractivity contribution >= 4 is 12.0 Å². The molecule has 2 aliphatic rings. The van der Waals surface area contributed by atoms with Gasteiger partial charge in [0, 0.05) is 32.2 Å². The number of nitrogens with one attached hydrogen (secondary N) is 2. The summed E-state index contributed by atoms with van der Waals surface area (Å²) in [5.41, 5.74) is 0.565. The fourth-order valence-electron chi connectivity index (χ4n) is 4.69. The Hall–Kier alpha value is -1.79. The number of anilines is 1. The van der Waals surface area contributed by atoms with E-state index in [1.807, 2.05) is 4.90 Å². The lowest BCUT2D eigenvalue weighted by Crippen LogP contribution is -2.55. The Labute approximate surface area is 144 Å². The van der Waals surface area contributed by atoms with E-state index in [2.05, 4.69) is 53.1 Å². The van der Waals surface area contributed by atoms with Crippen molar-refractivity contribution in [1.29, 1.82) is 0 Å². The molecule has 134 valence electrons. The highest BCUT2D eigenvalue weighted by Gasteiger charge is 2.39. The molecular weight excluding hydrogens is 304 g/mol. The van der Waals surface area contributed by atoms with Crippen LogP contribution in [0.4, 0.5) is 10.7 Å². The average molecular weight is 334 g/mol. The van der Waals surface area contributed by atoms with Crippen LogP contribution in [0.25, 0.3) is 0 Å². The number of piperazine rings is 1. The predicted octanol–water partition coefficient (Wildman–Crippen LogP) is 2.24. The minimum atomic E-state index is 0.0747. The highest BCUT2D eigenvalue weighted by molar-refractivity contribution is 5.74. The van der Waals surface area contributed by atoms with Crippen molar-refractivity contribution < 1.29 is 4.79 Å². The molecule has 2 fully saturated rings. The fourth-order valence-corrected chi connectivity index (χ4v) is 4.69. The van der Waals surface area contributed by atoms with E-state index in [0.717, 1.165) is 31.9 Å². The second-order valence-corrected chi connectivity index (χ2v) is 8.84. The molecule has 1 aliphatic carbocycles. The Morgan fingerprint density at radius 3 is 2.33 bits per heavy atom. The normalized spacial score (nSPS) is 24.0. The lowest BCUT2D eigenvalue weighted by Gasteiger charge is -2.45. The molecule has 1 saturated carbocycles. The van der Waals surface area contributed by atoms with E-state index in [1.54, 1.807) is 0 Å². The predicted molar refractivity (Wildman–Crippen MR) is 93.9 cm³/mol. The first kappa shape index (κ1) is 17.0. The highest BCUT2D eigenvalue weighted by atomic mass is 16.2. The number of H-pyrrole nitrogens is 1. The van der Waals surface area contributed by atoms with Gasteiger partial charge in [0.15, 0.2) is 0 Å². The summed E-state index contributed by atoms with van der Waals surface area (Å²) in [7, 11) is 0. The summed E-state index contributed by atoms with van der Waals surface area (Å²) in [5.74, 6) is 0.783. The largest absolute Gasteiger partial charge is 0.338 e. The number of carbonyl (C=O) groups is 1. The van der Waals surface area contributed by atoms with Gasteiger partial charge in [-0.25, -0.2) is 9.89 Å². The van der Waals surface area contributed by atoms with Gasteiger partial charge in [-0.1, -0.05) is 27.7 Å². The Kier molecular flexibility index (Phi) is 4.44. The second kappa shape index (κ2) is 6.26. The van der Waals surface area contributed by atoms with Gasteiger partial charge in [-0.2, -0.15) is 10.1 Å². The first-order valence-corrected chi connectivity index (χ1v) is 8.90. The van der Waals surface area contributed by atoms with E-state index in [4.69, 9.17) is 0 Å². The van der Waals surface area contributed by atoms with Crippen molar-refractivity contribution in [2.75, 3.05) is 31.1 Å². The first-order valence-electron chi connectivity index (χ1n) is 8.90. The van der Waals surface area contributed by atoms with Gasteiger partial charge in [-0.15, -0.1) is 0 Å². The Balaban J connectivity index is 1.52. The average Bonchev–Trinajstić information content (AvgIpc) is 2.98. The smallest absolute Gasteiger partial charge is 0.317 e. The van der Waals surface area contributed by atoms with E-state index in [-0.39, 0.29) is 22.9 Å². The molecule has 0 bridgehead atoms. The number of hydrogen-bond donors (Lipinski definition) is 2. The topological polar surface area (TPSA) is 77.2 Å². The lowest BCUT2D eigenvalue weighted by atomic mass is 9.63. The zero-order valence-electron chi connectivity index (χ0n) is 15.3. The van der Waals surface area contributed by atoms with Crippen LogP contribution in [0.15, 0.2) is 6.33 Å². The van der Waals surface area contributed by atoms with Gasteiger partial charge in [0.05, 0.1) is 0 Å². The number of hydrogen-bond acceptors (Lipinski definition) is 4. The highest BCUT2D eigenvalue weighted by Crippen LogP contribution is 2.45. The number of nitrogens with zero attached hydrogens (tertiary/aromatic N) is 4. The van der Waals surface area contributed by atoms with Crippen molar-refractivity contribution in [1.82, 2.24) is 25.4 Å². The zero-order valence-corrected chi connectivity index (χ0v) is 15.3. The van der Waals surface area contributed by atoms with E-state index >= 15 is 0 Å². The van der Waals surface area contributed by atoms with Crippen LogP contribution < -0.4 is 10.2 Å². The SMILES string of the molecule is CC1(C)CC(NC(=O)N2CCN(c3ncn[nH]3)CC2)CC(C)(C)C1. The quantitative estimate of drug-likeness (QED) is 0.869. The number of rotatable bonds is 2. The first-order chi connectivity index (χ1) is 11.2. The summed E-state index contributed by atoms with van der Waals surface area (Å²) >= 11 is 0. The molecular formula is C17H30N6O. The van der Waals surface area contributed by atoms with Crippen molar-refractivity contribution in [3.63, 3.8) is 0 Å². The van der Waals surface area contributed by atoms with Crippen LogP contribution in [0.5, 0.6) is 0 Å². The van der Waals surface area contributed by atoms with Crippen LogP contribution in [0.2, 0.25) is 0 Å². The molecule has 1 aliphatic heterocycles. The molecule has 3 rings (SSSR count). The molecule has 0 aromatic carbocycles. The molecule has 1 aromatic heterocycles. The minimum absolute atomic E-state index is 0.0747. The maximum absolute atomic E-state index is 12.6. The number of carbonyl (C=O) groups excluding carboxylic acids is 1. The van der Waals surface area contributed by atoms with Crippen LogP contribution in [0, 0.1) is 10.8 Å². The molecule has 1 saturated heterocycles. The van der Waals surface area contributed by atoms with Crippen LogP contribution in [0.3, 0.4) is 0 Å². The fraction of sp³-hybridized carbons (Fsp3) is 0.824. The van der Waals surface area contributed by atoms with Crippen LogP contribution in [0.1, 0.15) is 47.0 Å². The molecule has 2 amide bonds. The Bertz CT molecular complexity index is 544. The molecule has 1 aromatic rings. The van der Waals surface area contributed by atoms with Gasteiger partial charge < -0.3 is 15.1 Å². The van der Waals surface area contributed by atoms with Crippen LogP contribution in [-0.4, -0.2) is 58.3 Å².